The number of hydrogen-bond acceptors (Lipinski definition) is 4. The molecule has 0 radical (unpaired) electrons. The summed E-state index contributed by atoms with van der Waals surface area (Å²) in [6.45, 7) is 5.44. The highest BCUT2D eigenvalue weighted by molar-refractivity contribution is 6.00. The number of likely N-dealkylation sites (N-methyl/N-ethyl adjacent to an activating group) is 1. The molecular weight excluding hydrogens is 320 g/mol. The minimum atomic E-state index is -0.774. The molecule has 136 valence electrons. The van der Waals surface area contributed by atoms with Crippen LogP contribution in [-0.2, 0) is 22.4 Å². The van der Waals surface area contributed by atoms with E-state index < -0.39 is 17.7 Å². The number of nitrogens with zero attached hydrogens (tertiary/aromatic N) is 1. The van der Waals surface area contributed by atoms with Gasteiger partial charge in [0.25, 0.3) is 5.91 Å². The van der Waals surface area contributed by atoms with Gasteiger partial charge in [-0.25, -0.2) is 4.79 Å². The van der Waals surface area contributed by atoms with E-state index in [0.29, 0.717) is 5.75 Å². The fourth-order valence-corrected chi connectivity index (χ4v) is 3.28. The Labute approximate surface area is 148 Å². The van der Waals surface area contributed by atoms with Gasteiger partial charge in [0.1, 0.15) is 24.0 Å². The average Bonchev–Trinajstić information content (AvgIpc) is 2.64. The van der Waals surface area contributed by atoms with E-state index in [0.717, 1.165) is 18.5 Å². The van der Waals surface area contributed by atoms with Gasteiger partial charge in [-0.1, -0.05) is 0 Å². The highest BCUT2D eigenvalue weighted by atomic mass is 16.6. The molecule has 2 aliphatic rings. The van der Waals surface area contributed by atoms with E-state index in [1.54, 1.807) is 32.7 Å². The third kappa shape index (κ3) is 3.89. The van der Waals surface area contributed by atoms with Gasteiger partial charge in [0.2, 0.25) is 0 Å². The van der Waals surface area contributed by atoms with E-state index in [-0.39, 0.29) is 12.5 Å². The van der Waals surface area contributed by atoms with Crippen LogP contribution in [0.25, 0.3) is 0 Å². The summed E-state index contributed by atoms with van der Waals surface area (Å²) in [5.41, 5.74) is 2.72. The summed E-state index contributed by atoms with van der Waals surface area (Å²) < 4.78 is 11.1. The number of benzene rings is 1. The minimum Gasteiger partial charge on any atom is -0.489 e. The lowest BCUT2D eigenvalue weighted by Crippen LogP contribution is -2.50. The molecule has 0 saturated carbocycles. The van der Waals surface area contributed by atoms with Crippen molar-refractivity contribution in [3.8, 4) is 5.75 Å². The molecule has 1 aromatic rings. The number of rotatable bonds is 1. The second kappa shape index (κ2) is 6.58. The van der Waals surface area contributed by atoms with Gasteiger partial charge in [-0.3, -0.25) is 4.79 Å². The number of amides is 2. The van der Waals surface area contributed by atoms with Gasteiger partial charge in [0.15, 0.2) is 0 Å². The zero-order valence-corrected chi connectivity index (χ0v) is 15.3. The summed E-state index contributed by atoms with van der Waals surface area (Å²) >= 11 is 0. The molecule has 0 saturated heterocycles. The largest absolute Gasteiger partial charge is 0.489 e. The van der Waals surface area contributed by atoms with Crippen molar-refractivity contribution in [3.63, 3.8) is 0 Å². The maximum absolute atomic E-state index is 12.8. The Bertz CT molecular complexity index is 693. The van der Waals surface area contributed by atoms with E-state index in [4.69, 9.17) is 9.47 Å². The highest BCUT2D eigenvalue weighted by Crippen LogP contribution is 2.36. The van der Waals surface area contributed by atoms with E-state index in [1.807, 2.05) is 6.07 Å². The van der Waals surface area contributed by atoms with Crippen molar-refractivity contribution in [1.82, 2.24) is 5.32 Å². The zero-order chi connectivity index (χ0) is 18.2. The van der Waals surface area contributed by atoms with E-state index in [9.17, 15) is 9.59 Å². The summed E-state index contributed by atoms with van der Waals surface area (Å²) in [5.74, 6) is 0.491. The topological polar surface area (TPSA) is 67.9 Å². The Kier molecular flexibility index (Phi) is 4.62. The first-order chi connectivity index (χ1) is 11.7. The van der Waals surface area contributed by atoms with Gasteiger partial charge in [-0.15, -0.1) is 0 Å². The zero-order valence-electron chi connectivity index (χ0n) is 15.3. The average molecular weight is 346 g/mol. The number of carbonyl (C=O) groups is 2. The molecule has 0 bridgehead atoms. The third-order valence-corrected chi connectivity index (χ3v) is 4.51. The maximum Gasteiger partial charge on any atom is 0.408 e. The van der Waals surface area contributed by atoms with Crippen LogP contribution in [0, 0.1) is 0 Å². The summed E-state index contributed by atoms with van der Waals surface area (Å²) in [4.78, 5) is 26.3. The molecule has 0 spiro atoms. The molecule has 1 unspecified atom stereocenters. The second-order valence-corrected chi connectivity index (χ2v) is 7.70. The molecule has 1 N–H and O–H groups in total. The molecule has 1 aliphatic heterocycles. The number of anilines is 1. The second-order valence-electron chi connectivity index (χ2n) is 7.70. The Morgan fingerprint density at radius 3 is 2.52 bits per heavy atom. The van der Waals surface area contributed by atoms with Crippen molar-refractivity contribution in [3.05, 3.63) is 23.3 Å². The van der Waals surface area contributed by atoms with Gasteiger partial charge in [-0.05, 0) is 69.7 Å². The molecule has 1 atom stereocenters. The first-order valence-corrected chi connectivity index (χ1v) is 8.80. The van der Waals surface area contributed by atoms with Gasteiger partial charge in [-0.2, -0.15) is 0 Å². The van der Waals surface area contributed by atoms with Crippen LogP contribution in [0.3, 0.4) is 0 Å². The molecule has 6 nitrogen and oxygen atoms in total. The van der Waals surface area contributed by atoms with E-state index >= 15 is 0 Å². The van der Waals surface area contributed by atoms with Crippen LogP contribution in [0.15, 0.2) is 12.1 Å². The van der Waals surface area contributed by atoms with E-state index in [2.05, 4.69) is 11.4 Å². The highest BCUT2D eigenvalue weighted by Gasteiger charge is 2.32. The number of nitrogens with one attached hydrogen (secondary N) is 1. The molecule has 3 rings (SSSR count). The third-order valence-electron chi connectivity index (χ3n) is 4.51. The van der Waals surface area contributed by atoms with Crippen molar-refractivity contribution in [1.29, 1.82) is 0 Å². The maximum atomic E-state index is 12.8. The lowest BCUT2D eigenvalue weighted by molar-refractivity contribution is -0.120. The number of aryl methyl sites for hydroxylation is 2. The quantitative estimate of drug-likeness (QED) is 0.849. The first-order valence-electron chi connectivity index (χ1n) is 8.80. The monoisotopic (exact) mass is 346 g/mol. The molecule has 0 aromatic heterocycles. The number of hydrogen-bond donors (Lipinski definition) is 1. The minimum absolute atomic E-state index is 0.0915. The molecular formula is C19H26N2O4. The first kappa shape index (κ1) is 17.6. The van der Waals surface area contributed by atoms with Crippen molar-refractivity contribution >= 4 is 17.7 Å². The van der Waals surface area contributed by atoms with Crippen molar-refractivity contribution in [2.75, 3.05) is 18.6 Å². The summed E-state index contributed by atoms with van der Waals surface area (Å²) in [5, 5.41) is 2.62. The van der Waals surface area contributed by atoms with Crippen LogP contribution in [-0.4, -0.2) is 37.3 Å². The van der Waals surface area contributed by atoms with Crippen LogP contribution in [0.2, 0.25) is 0 Å². The summed E-state index contributed by atoms with van der Waals surface area (Å²) in [6, 6.07) is 3.32. The van der Waals surface area contributed by atoms with Crippen molar-refractivity contribution in [2.45, 2.75) is 58.1 Å². The van der Waals surface area contributed by atoms with E-state index in [1.165, 1.54) is 24.0 Å². The van der Waals surface area contributed by atoms with Crippen LogP contribution in [0.4, 0.5) is 10.5 Å². The standard InChI is InChI=1S/C19H26N2O4/c1-19(2,3)25-18(23)20-14-11-24-16-10-13-8-6-5-7-12(13)9-15(16)21(4)17(14)22/h9-10,14H,5-8,11H2,1-4H3,(H,20,23). The lowest BCUT2D eigenvalue weighted by Gasteiger charge is -2.24. The molecule has 25 heavy (non-hydrogen) atoms. The van der Waals surface area contributed by atoms with Crippen LogP contribution in [0.1, 0.15) is 44.7 Å². The Balaban J connectivity index is 1.80. The molecule has 1 heterocycles. The van der Waals surface area contributed by atoms with Crippen LogP contribution >= 0.6 is 0 Å². The Hall–Kier alpha value is -2.24. The summed E-state index contributed by atoms with van der Waals surface area (Å²) in [7, 11) is 1.72. The van der Waals surface area contributed by atoms with Crippen LogP contribution < -0.4 is 15.0 Å². The van der Waals surface area contributed by atoms with Crippen molar-refractivity contribution in [2.24, 2.45) is 0 Å². The number of ether oxygens (including phenoxy) is 2. The van der Waals surface area contributed by atoms with Gasteiger partial charge in [0.05, 0.1) is 5.69 Å². The lowest BCUT2D eigenvalue weighted by atomic mass is 9.91. The van der Waals surface area contributed by atoms with Crippen LogP contribution in [0.5, 0.6) is 5.75 Å². The van der Waals surface area contributed by atoms with Crippen molar-refractivity contribution < 1.29 is 19.1 Å². The van der Waals surface area contributed by atoms with Gasteiger partial charge in [0, 0.05) is 7.05 Å². The number of carbonyl (C=O) groups excluding carboxylic acids is 2. The predicted molar refractivity (Wildman–Crippen MR) is 95.1 cm³/mol. The smallest absolute Gasteiger partial charge is 0.408 e. The van der Waals surface area contributed by atoms with Gasteiger partial charge >= 0.3 is 6.09 Å². The predicted octanol–water partition coefficient (Wildman–Crippen LogP) is 2.81. The number of fused-ring (bicyclic) bond motifs is 2. The molecule has 2 amide bonds. The Morgan fingerprint density at radius 1 is 1.24 bits per heavy atom. The molecule has 0 fully saturated rings. The number of alkyl carbamates (subject to hydrolysis) is 1. The Morgan fingerprint density at radius 2 is 1.88 bits per heavy atom. The molecule has 1 aliphatic carbocycles. The molecule has 1 aromatic carbocycles. The SMILES string of the molecule is CN1C(=O)C(NC(=O)OC(C)(C)C)COc2cc3c(cc21)CCCC3. The fourth-order valence-electron chi connectivity index (χ4n) is 3.28. The molecule has 6 heteroatoms. The fraction of sp³-hybridized carbons (Fsp3) is 0.579. The van der Waals surface area contributed by atoms with Gasteiger partial charge < -0.3 is 19.7 Å². The summed E-state index contributed by atoms with van der Waals surface area (Å²) in [6.07, 6.45) is 3.82. The normalized spacial score (nSPS) is 20.1.